The quantitative estimate of drug-likeness (QED) is 0.217. The van der Waals surface area contributed by atoms with Crippen LogP contribution in [0.25, 0.3) is 0 Å². The molecular formula is C28H45N3O12. The van der Waals surface area contributed by atoms with Crippen molar-refractivity contribution in [3.8, 4) is 12.8 Å². The molecule has 1 aromatic rings. The molecule has 244 valence electrons. The first-order valence-electron chi connectivity index (χ1n) is 12.7. The van der Waals surface area contributed by atoms with E-state index >= 15 is 0 Å². The highest BCUT2D eigenvalue weighted by Gasteiger charge is 2.33. The van der Waals surface area contributed by atoms with Crippen molar-refractivity contribution in [2.75, 3.05) is 60.8 Å². The lowest BCUT2D eigenvalue weighted by Crippen LogP contribution is -2.36. The van der Waals surface area contributed by atoms with Crippen LogP contribution in [0.5, 0.6) is 0 Å². The molecule has 2 aliphatic heterocycles. The monoisotopic (exact) mass is 615 g/mol. The van der Waals surface area contributed by atoms with Crippen molar-refractivity contribution < 1.29 is 57.1 Å². The molecule has 1 atom stereocenters. The summed E-state index contributed by atoms with van der Waals surface area (Å²) in [5.41, 5.74) is 5.41. The Morgan fingerprint density at radius 1 is 0.884 bits per heavy atom. The van der Waals surface area contributed by atoms with Gasteiger partial charge in [0.05, 0.1) is 19.8 Å². The number of amides is 2. The predicted octanol–water partition coefficient (Wildman–Crippen LogP) is 1.50. The van der Waals surface area contributed by atoms with Crippen LogP contribution in [0.1, 0.15) is 33.1 Å². The molecule has 0 radical (unpaired) electrons. The van der Waals surface area contributed by atoms with E-state index in [-0.39, 0.29) is 33.4 Å². The highest BCUT2D eigenvalue weighted by molar-refractivity contribution is 5.76. The van der Waals surface area contributed by atoms with Gasteiger partial charge in [-0.15, -0.1) is 12.8 Å². The molecule has 2 heterocycles. The highest BCUT2D eigenvalue weighted by atomic mass is 16.8. The Balaban J connectivity index is 0. The van der Waals surface area contributed by atoms with Crippen LogP contribution in [0.4, 0.5) is 9.59 Å². The minimum atomic E-state index is -0.688. The fourth-order valence-corrected chi connectivity index (χ4v) is 3.04. The van der Waals surface area contributed by atoms with E-state index < -0.39 is 55.5 Å². The summed E-state index contributed by atoms with van der Waals surface area (Å²) in [6, 6.07) is 9.49. The zero-order chi connectivity index (χ0) is 32.0. The summed E-state index contributed by atoms with van der Waals surface area (Å²) in [7, 11) is 4.31. The second kappa shape index (κ2) is 23.6. The lowest BCUT2D eigenvalue weighted by molar-refractivity contribution is -0.230. The number of hydrogen-bond donors (Lipinski definition) is 3. The minimum Gasteiger partial charge on any atom is -0.460 e. The van der Waals surface area contributed by atoms with E-state index in [2.05, 4.69) is 38.7 Å². The number of rotatable bonds is 8. The van der Waals surface area contributed by atoms with Gasteiger partial charge in [0, 0.05) is 19.7 Å². The summed E-state index contributed by atoms with van der Waals surface area (Å²) < 4.78 is 40.8. The lowest BCUT2D eigenvalue weighted by Gasteiger charge is -2.29. The van der Waals surface area contributed by atoms with Gasteiger partial charge in [-0.1, -0.05) is 37.8 Å². The first kappa shape index (κ1) is 41.2. The third-order valence-electron chi connectivity index (χ3n) is 4.78. The number of alkyl carbamates (subject to hydrolysis) is 2. The normalized spacial score (nSPS) is 19.3. The molecule has 15 heteroatoms. The second-order valence-electron chi connectivity index (χ2n) is 8.31. The summed E-state index contributed by atoms with van der Waals surface area (Å²) in [4.78, 5) is 44.1. The van der Waals surface area contributed by atoms with Gasteiger partial charge in [0.25, 0.3) is 0 Å². The van der Waals surface area contributed by atoms with Crippen LogP contribution in [0.15, 0.2) is 30.3 Å². The SMILES string of the molecule is C.C#C.CN.CNC(=O)OCC(=O)OC1COC(c2ccccc2)OC1.CNC(=O)OCC(=O)OCC1COC(C)(C)O1. The van der Waals surface area contributed by atoms with Gasteiger partial charge < -0.3 is 54.3 Å². The van der Waals surface area contributed by atoms with E-state index in [0.29, 0.717) is 6.61 Å². The molecule has 0 aliphatic carbocycles. The zero-order valence-electron chi connectivity index (χ0n) is 24.5. The molecule has 3 rings (SSSR count). The Hall–Kier alpha value is -3.94. The molecule has 0 spiro atoms. The maximum Gasteiger partial charge on any atom is 0.407 e. The second-order valence-corrected chi connectivity index (χ2v) is 8.31. The molecule has 15 nitrogen and oxygen atoms in total. The van der Waals surface area contributed by atoms with E-state index in [1.165, 1.54) is 21.1 Å². The predicted molar refractivity (Wildman–Crippen MR) is 154 cm³/mol. The Bertz CT molecular complexity index is 951. The number of hydrogen-bond acceptors (Lipinski definition) is 13. The molecule has 0 saturated carbocycles. The van der Waals surface area contributed by atoms with Crippen molar-refractivity contribution >= 4 is 24.1 Å². The average molecular weight is 616 g/mol. The standard InChI is InChI=1S/C14H17NO6.C10H17NO6.C2H2.CH5N.CH4/c1-15-14(17)20-9-12(16)21-11-7-18-13(19-8-11)10-5-3-2-4-6-10;1-10(2)16-5-7(17-10)4-14-8(12)6-15-9(13)11-3;2*1-2;/h2-6,11,13H,7-9H2,1H3,(H,15,17);7H,4-6H2,1-3H3,(H,11,13);1-2H;2H2,1H3;1H4. The van der Waals surface area contributed by atoms with Crippen molar-refractivity contribution in [1.29, 1.82) is 0 Å². The molecule has 1 aromatic carbocycles. The average Bonchev–Trinajstić information content (AvgIpc) is 3.38. The largest absolute Gasteiger partial charge is 0.460 e. The van der Waals surface area contributed by atoms with Crippen molar-refractivity contribution in [2.45, 2.75) is 45.6 Å². The number of nitrogens with two attached hydrogens (primary N) is 1. The van der Waals surface area contributed by atoms with Gasteiger partial charge in [-0.25, -0.2) is 19.2 Å². The molecule has 4 N–H and O–H groups in total. The van der Waals surface area contributed by atoms with Gasteiger partial charge in [0.15, 0.2) is 25.3 Å². The third-order valence-corrected chi connectivity index (χ3v) is 4.78. The number of carbonyl (C=O) groups is 4. The van der Waals surface area contributed by atoms with E-state index in [9.17, 15) is 19.2 Å². The Kier molecular flexibility index (Phi) is 22.6. The van der Waals surface area contributed by atoms with Gasteiger partial charge in [-0.3, -0.25) is 0 Å². The Morgan fingerprint density at radius 2 is 1.40 bits per heavy atom. The molecule has 43 heavy (non-hydrogen) atoms. The van der Waals surface area contributed by atoms with Crippen LogP contribution >= 0.6 is 0 Å². The van der Waals surface area contributed by atoms with Crippen molar-refractivity contribution in [3.63, 3.8) is 0 Å². The smallest absolute Gasteiger partial charge is 0.407 e. The summed E-state index contributed by atoms with van der Waals surface area (Å²) >= 11 is 0. The van der Waals surface area contributed by atoms with Crippen LogP contribution in [0.3, 0.4) is 0 Å². The number of esters is 2. The molecule has 0 bridgehead atoms. The van der Waals surface area contributed by atoms with Gasteiger partial charge >= 0.3 is 24.1 Å². The van der Waals surface area contributed by atoms with Crippen molar-refractivity contribution in [2.24, 2.45) is 5.73 Å². The van der Waals surface area contributed by atoms with Crippen LogP contribution in [0, 0.1) is 12.8 Å². The number of ether oxygens (including phenoxy) is 8. The topological polar surface area (TPSA) is 192 Å². The zero-order valence-corrected chi connectivity index (χ0v) is 24.5. The lowest BCUT2D eigenvalue weighted by atomic mass is 10.2. The number of terminal acetylenes is 1. The van der Waals surface area contributed by atoms with Gasteiger partial charge in [0.1, 0.15) is 18.8 Å². The first-order valence-corrected chi connectivity index (χ1v) is 12.7. The molecular weight excluding hydrogens is 570 g/mol. The molecule has 2 amide bonds. The van der Waals surface area contributed by atoms with Crippen LogP contribution in [0.2, 0.25) is 0 Å². The fraction of sp³-hybridized carbons (Fsp3) is 0.571. The van der Waals surface area contributed by atoms with Crippen molar-refractivity contribution in [3.05, 3.63) is 35.9 Å². The maximum absolute atomic E-state index is 11.4. The maximum atomic E-state index is 11.4. The van der Waals surface area contributed by atoms with E-state index in [1.807, 2.05) is 30.3 Å². The first-order chi connectivity index (χ1) is 20.1. The number of carbonyl (C=O) groups excluding carboxylic acids is 4. The highest BCUT2D eigenvalue weighted by Crippen LogP contribution is 2.24. The van der Waals surface area contributed by atoms with Crippen LogP contribution in [-0.4, -0.2) is 103 Å². The Labute approximate surface area is 252 Å². The van der Waals surface area contributed by atoms with Crippen LogP contribution in [-0.2, 0) is 47.5 Å². The summed E-state index contributed by atoms with van der Waals surface area (Å²) in [6.45, 7) is 3.61. The third kappa shape index (κ3) is 18.3. The fourth-order valence-electron chi connectivity index (χ4n) is 3.04. The van der Waals surface area contributed by atoms with Crippen molar-refractivity contribution in [1.82, 2.24) is 10.6 Å². The Morgan fingerprint density at radius 3 is 1.86 bits per heavy atom. The molecule has 1 unspecified atom stereocenters. The summed E-state index contributed by atoms with van der Waals surface area (Å²) in [5.74, 6) is -1.91. The number of benzene rings is 1. The molecule has 2 saturated heterocycles. The molecule has 0 aromatic heterocycles. The van der Waals surface area contributed by atoms with Gasteiger partial charge in [-0.05, 0) is 20.9 Å². The van der Waals surface area contributed by atoms with Crippen LogP contribution < -0.4 is 16.4 Å². The molecule has 2 fully saturated rings. The summed E-state index contributed by atoms with van der Waals surface area (Å²) in [5, 5.41) is 4.44. The summed E-state index contributed by atoms with van der Waals surface area (Å²) in [6.07, 6.45) is 5.39. The van der Waals surface area contributed by atoms with E-state index in [1.54, 1.807) is 13.8 Å². The van der Waals surface area contributed by atoms with Gasteiger partial charge in [0.2, 0.25) is 0 Å². The van der Waals surface area contributed by atoms with E-state index in [4.69, 9.17) is 28.4 Å². The van der Waals surface area contributed by atoms with E-state index in [0.717, 1.165) is 5.56 Å². The molecule has 2 aliphatic rings. The minimum absolute atomic E-state index is 0. The van der Waals surface area contributed by atoms with Gasteiger partial charge in [-0.2, -0.15) is 0 Å². The number of nitrogens with one attached hydrogen (secondary N) is 2.